The second-order valence-electron chi connectivity index (χ2n) is 5.05. The number of nitrogens with one attached hydrogen (secondary N) is 2. The molecule has 2 rings (SSSR count). The van der Waals surface area contributed by atoms with E-state index in [9.17, 15) is 4.79 Å². The lowest BCUT2D eigenvalue weighted by Gasteiger charge is -2.09. The molecule has 4 nitrogen and oxygen atoms in total. The minimum absolute atomic E-state index is 0.106. The van der Waals surface area contributed by atoms with Gasteiger partial charge in [0, 0.05) is 11.7 Å². The Bertz CT molecular complexity index is 574. The van der Waals surface area contributed by atoms with Crippen LogP contribution in [0.1, 0.15) is 29.9 Å². The summed E-state index contributed by atoms with van der Waals surface area (Å²) < 4.78 is 0. The molecule has 0 aliphatic carbocycles. The van der Waals surface area contributed by atoms with Crippen LogP contribution in [0.5, 0.6) is 0 Å². The van der Waals surface area contributed by atoms with Gasteiger partial charge in [-0.05, 0) is 45.0 Å². The van der Waals surface area contributed by atoms with Gasteiger partial charge < -0.3 is 10.6 Å². The smallest absolute Gasteiger partial charge is 0.270 e. The van der Waals surface area contributed by atoms with E-state index in [1.165, 1.54) is 5.56 Å². The standard InChI is InChI=1S/C16H19N3O/c1-11(2)18-16(20)15-9-8-14(10-17-15)19-13-6-4-12(3)5-7-13/h4-11,19H,1-3H3,(H,18,20). The van der Waals surface area contributed by atoms with E-state index in [1.54, 1.807) is 12.3 Å². The summed E-state index contributed by atoms with van der Waals surface area (Å²) in [6.45, 7) is 5.89. The van der Waals surface area contributed by atoms with E-state index >= 15 is 0 Å². The van der Waals surface area contributed by atoms with Crippen molar-refractivity contribution in [3.8, 4) is 0 Å². The lowest BCUT2D eigenvalue weighted by Crippen LogP contribution is -2.30. The maximum Gasteiger partial charge on any atom is 0.270 e. The predicted molar refractivity (Wildman–Crippen MR) is 81.3 cm³/mol. The molecule has 0 saturated carbocycles. The van der Waals surface area contributed by atoms with Crippen molar-refractivity contribution >= 4 is 17.3 Å². The number of carbonyl (C=O) groups is 1. The number of anilines is 2. The number of aromatic nitrogens is 1. The van der Waals surface area contributed by atoms with Crippen molar-refractivity contribution in [2.75, 3.05) is 5.32 Å². The molecular weight excluding hydrogens is 250 g/mol. The summed E-state index contributed by atoms with van der Waals surface area (Å²) in [6, 6.07) is 11.8. The SMILES string of the molecule is Cc1ccc(Nc2ccc(C(=O)NC(C)C)nc2)cc1. The molecule has 104 valence electrons. The molecule has 2 N–H and O–H groups in total. The van der Waals surface area contributed by atoms with Crippen molar-refractivity contribution in [2.24, 2.45) is 0 Å². The van der Waals surface area contributed by atoms with Gasteiger partial charge in [0.1, 0.15) is 5.69 Å². The Labute approximate surface area is 119 Å². The van der Waals surface area contributed by atoms with Gasteiger partial charge in [0.05, 0.1) is 11.9 Å². The second kappa shape index (κ2) is 6.19. The molecule has 1 aromatic heterocycles. The number of amides is 1. The second-order valence-corrected chi connectivity index (χ2v) is 5.05. The van der Waals surface area contributed by atoms with Gasteiger partial charge in [-0.2, -0.15) is 0 Å². The molecule has 0 aliphatic rings. The van der Waals surface area contributed by atoms with Crippen LogP contribution in [0, 0.1) is 6.92 Å². The van der Waals surface area contributed by atoms with Crippen LogP contribution in [-0.2, 0) is 0 Å². The van der Waals surface area contributed by atoms with Crippen LogP contribution in [0.15, 0.2) is 42.6 Å². The molecule has 0 aliphatic heterocycles. The van der Waals surface area contributed by atoms with Crippen LogP contribution in [0.3, 0.4) is 0 Å². The zero-order valence-corrected chi connectivity index (χ0v) is 12.0. The van der Waals surface area contributed by atoms with E-state index in [0.29, 0.717) is 5.69 Å². The Kier molecular flexibility index (Phi) is 4.35. The Morgan fingerprint density at radius 2 is 1.70 bits per heavy atom. The highest BCUT2D eigenvalue weighted by atomic mass is 16.1. The number of aryl methyl sites for hydroxylation is 1. The molecule has 0 saturated heterocycles. The van der Waals surface area contributed by atoms with Gasteiger partial charge in [-0.15, -0.1) is 0 Å². The third-order valence-electron chi connectivity index (χ3n) is 2.76. The number of hydrogen-bond donors (Lipinski definition) is 2. The number of carbonyl (C=O) groups excluding carboxylic acids is 1. The summed E-state index contributed by atoms with van der Waals surface area (Å²) in [5, 5.41) is 6.06. The molecule has 2 aromatic rings. The van der Waals surface area contributed by atoms with Crippen molar-refractivity contribution in [2.45, 2.75) is 26.8 Å². The summed E-state index contributed by atoms with van der Waals surface area (Å²) >= 11 is 0. The number of nitrogens with zero attached hydrogens (tertiary/aromatic N) is 1. The fourth-order valence-corrected chi connectivity index (χ4v) is 1.74. The predicted octanol–water partition coefficient (Wildman–Crippen LogP) is 3.27. The average molecular weight is 269 g/mol. The molecule has 1 amide bonds. The van der Waals surface area contributed by atoms with Crippen LogP contribution in [0.25, 0.3) is 0 Å². The van der Waals surface area contributed by atoms with Crippen molar-refractivity contribution < 1.29 is 4.79 Å². The number of rotatable bonds is 4. The van der Waals surface area contributed by atoms with E-state index in [0.717, 1.165) is 11.4 Å². The van der Waals surface area contributed by atoms with Crippen molar-refractivity contribution in [1.82, 2.24) is 10.3 Å². The molecule has 1 heterocycles. The van der Waals surface area contributed by atoms with Crippen LogP contribution in [0.2, 0.25) is 0 Å². The molecule has 0 radical (unpaired) electrons. The fourth-order valence-electron chi connectivity index (χ4n) is 1.74. The monoisotopic (exact) mass is 269 g/mol. The van der Waals surface area contributed by atoms with E-state index in [2.05, 4.69) is 15.6 Å². The van der Waals surface area contributed by atoms with E-state index in [-0.39, 0.29) is 11.9 Å². The quantitative estimate of drug-likeness (QED) is 0.895. The lowest BCUT2D eigenvalue weighted by atomic mass is 10.2. The van der Waals surface area contributed by atoms with Gasteiger partial charge in [0.25, 0.3) is 5.91 Å². The topological polar surface area (TPSA) is 54.0 Å². The van der Waals surface area contributed by atoms with Crippen molar-refractivity contribution in [1.29, 1.82) is 0 Å². The average Bonchev–Trinajstić information content (AvgIpc) is 2.41. The summed E-state index contributed by atoms with van der Waals surface area (Å²) in [4.78, 5) is 15.9. The van der Waals surface area contributed by atoms with Gasteiger partial charge in [-0.25, -0.2) is 4.98 Å². The van der Waals surface area contributed by atoms with Crippen LogP contribution in [-0.4, -0.2) is 16.9 Å². The summed E-state index contributed by atoms with van der Waals surface area (Å²) in [5.41, 5.74) is 3.49. The molecule has 0 unspecified atom stereocenters. The summed E-state index contributed by atoms with van der Waals surface area (Å²) in [5.74, 6) is -0.151. The molecule has 0 bridgehead atoms. The van der Waals surface area contributed by atoms with E-state index in [4.69, 9.17) is 0 Å². The van der Waals surface area contributed by atoms with Gasteiger partial charge in [-0.3, -0.25) is 4.79 Å². The Hall–Kier alpha value is -2.36. The number of hydrogen-bond acceptors (Lipinski definition) is 3. The van der Waals surface area contributed by atoms with Crippen molar-refractivity contribution in [3.63, 3.8) is 0 Å². The van der Waals surface area contributed by atoms with Crippen LogP contribution < -0.4 is 10.6 Å². The van der Waals surface area contributed by atoms with Gasteiger partial charge >= 0.3 is 0 Å². The molecule has 0 fully saturated rings. The highest BCUT2D eigenvalue weighted by Gasteiger charge is 2.07. The highest BCUT2D eigenvalue weighted by molar-refractivity contribution is 5.92. The first-order valence-corrected chi connectivity index (χ1v) is 6.65. The molecule has 1 aromatic carbocycles. The Morgan fingerprint density at radius 3 is 2.25 bits per heavy atom. The first-order valence-electron chi connectivity index (χ1n) is 6.65. The molecule has 20 heavy (non-hydrogen) atoms. The first kappa shape index (κ1) is 14.1. The van der Waals surface area contributed by atoms with Gasteiger partial charge in [0.2, 0.25) is 0 Å². The highest BCUT2D eigenvalue weighted by Crippen LogP contribution is 2.16. The molecule has 0 spiro atoms. The Balaban J connectivity index is 2.04. The maximum atomic E-state index is 11.8. The first-order chi connectivity index (χ1) is 9.54. The zero-order valence-electron chi connectivity index (χ0n) is 12.0. The largest absolute Gasteiger partial charge is 0.354 e. The van der Waals surface area contributed by atoms with Crippen molar-refractivity contribution in [3.05, 3.63) is 53.9 Å². The van der Waals surface area contributed by atoms with Gasteiger partial charge in [0.15, 0.2) is 0 Å². The lowest BCUT2D eigenvalue weighted by molar-refractivity contribution is 0.0938. The molecule has 4 heteroatoms. The summed E-state index contributed by atoms with van der Waals surface area (Å²) in [7, 11) is 0. The van der Waals surface area contributed by atoms with E-state index in [1.807, 2.05) is 51.1 Å². The van der Waals surface area contributed by atoms with Crippen LogP contribution in [0.4, 0.5) is 11.4 Å². The van der Waals surface area contributed by atoms with Crippen LogP contribution >= 0.6 is 0 Å². The van der Waals surface area contributed by atoms with Gasteiger partial charge in [-0.1, -0.05) is 17.7 Å². The Morgan fingerprint density at radius 1 is 1.05 bits per heavy atom. The normalized spacial score (nSPS) is 10.4. The van der Waals surface area contributed by atoms with E-state index < -0.39 is 0 Å². The molecule has 0 atom stereocenters. The third-order valence-corrected chi connectivity index (χ3v) is 2.76. The number of benzene rings is 1. The maximum absolute atomic E-state index is 11.8. The minimum atomic E-state index is -0.151. The molecular formula is C16H19N3O. The zero-order chi connectivity index (χ0) is 14.5. The fraction of sp³-hybridized carbons (Fsp3) is 0.250. The number of pyridine rings is 1. The minimum Gasteiger partial charge on any atom is -0.354 e. The summed E-state index contributed by atoms with van der Waals surface area (Å²) in [6.07, 6.45) is 1.66. The third kappa shape index (κ3) is 3.82.